The van der Waals surface area contributed by atoms with Crippen molar-refractivity contribution in [2.45, 2.75) is 19.0 Å². The summed E-state index contributed by atoms with van der Waals surface area (Å²) in [5.74, 6) is -0.136. The van der Waals surface area contributed by atoms with Crippen LogP contribution in [0, 0.1) is 0 Å². The molecule has 1 N–H and O–H groups in total. The van der Waals surface area contributed by atoms with Gasteiger partial charge in [-0.15, -0.1) is 5.10 Å². The maximum absolute atomic E-state index is 13.1. The maximum Gasteiger partial charge on any atom is 0.249 e. The second-order valence-corrected chi connectivity index (χ2v) is 7.76. The van der Waals surface area contributed by atoms with E-state index in [1.807, 2.05) is 42.5 Å². The fourth-order valence-electron chi connectivity index (χ4n) is 3.69. The van der Waals surface area contributed by atoms with Crippen LogP contribution in [0.15, 0.2) is 60.9 Å². The number of hydrogen-bond acceptors (Lipinski definition) is 6. The van der Waals surface area contributed by atoms with Gasteiger partial charge in [0.2, 0.25) is 5.91 Å². The lowest BCUT2D eigenvalue weighted by atomic mass is 10.1. The van der Waals surface area contributed by atoms with Crippen LogP contribution in [0.3, 0.4) is 0 Å². The molecule has 0 saturated carbocycles. The number of anilines is 1. The quantitative estimate of drug-likeness (QED) is 0.646. The minimum Gasteiger partial charge on any atom is -0.324 e. The number of rotatable bonds is 7. The molecular formula is C22H27N7O. The Bertz CT molecular complexity index is 937. The summed E-state index contributed by atoms with van der Waals surface area (Å²) in [5.41, 5.74) is 3.04. The Morgan fingerprint density at radius 2 is 1.80 bits per heavy atom. The first-order valence-electron chi connectivity index (χ1n) is 10.2. The Morgan fingerprint density at radius 1 is 1.03 bits per heavy atom. The van der Waals surface area contributed by atoms with Gasteiger partial charge in [-0.25, -0.2) is 4.68 Å². The highest BCUT2D eigenvalue weighted by Gasteiger charge is 2.23. The van der Waals surface area contributed by atoms with Gasteiger partial charge in [-0.05, 0) is 40.7 Å². The van der Waals surface area contributed by atoms with E-state index in [1.165, 1.54) is 16.6 Å². The summed E-state index contributed by atoms with van der Waals surface area (Å²) in [5, 5.41) is 14.4. The Balaban J connectivity index is 1.44. The predicted octanol–water partition coefficient (Wildman–Crippen LogP) is 1.84. The van der Waals surface area contributed by atoms with Crippen molar-refractivity contribution < 1.29 is 4.79 Å². The van der Waals surface area contributed by atoms with Crippen molar-refractivity contribution in [3.05, 3.63) is 72.1 Å². The van der Waals surface area contributed by atoms with Gasteiger partial charge in [0.15, 0.2) is 0 Å². The van der Waals surface area contributed by atoms with Crippen LogP contribution >= 0.6 is 0 Å². The van der Waals surface area contributed by atoms with E-state index in [2.05, 4.69) is 49.8 Å². The van der Waals surface area contributed by atoms with Gasteiger partial charge in [0.25, 0.3) is 0 Å². The van der Waals surface area contributed by atoms with Gasteiger partial charge in [0, 0.05) is 44.8 Å². The topological polar surface area (TPSA) is 79.2 Å². The molecule has 1 atom stereocenters. The molecule has 0 spiro atoms. The summed E-state index contributed by atoms with van der Waals surface area (Å²) in [4.78, 5) is 17.9. The standard InChI is InChI=1S/C22H27N7O/c1-27-10-12-28(13-11-27)16-19-8-5-9-20(14-19)24-22(30)21(29-17-23-25-26-29)15-18-6-3-2-4-7-18/h2-9,14,17,21H,10-13,15-16H2,1H3,(H,24,30). The van der Waals surface area contributed by atoms with Crippen LogP contribution in [0.25, 0.3) is 0 Å². The Morgan fingerprint density at radius 3 is 2.53 bits per heavy atom. The second-order valence-electron chi connectivity index (χ2n) is 7.76. The van der Waals surface area contributed by atoms with Crippen molar-refractivity contribution in [2.75, 3.05) is 38.5 Å². The van der Waals surface area contributed by atoms with E-state index < -0.39 is 6.04 Å². The van der Waals surface area contributed by atoms with Crippen molar-refractivity contribution in [1.29, 1.82) is 0 Å². The molecule has 3 aromatic rings. The molecule has 1 amide bonds. The lowest BCUT2D eigenvalue weighted by molar-refractivity contribution is -0.119. The fraction of sp³-hybridized carbons (Fsp3) is 0.364. The number of nitrogens with zero attached hydrogens (tertiary/aromatic N) is 6. The average molecular weight is 406 g/mol. The molecule has 156 valence electrons. The maximum atomic E-state index is 13.1. The average Bonchev–Trinajstić information content (AvgIpc) is 3.29. The van der Waals surface area contributed by atoms with Gasteiger partial charge in [-0.2, -0.15) is 0 Å². The minimum absolute atomic E-state index is 0.136. The van der Waals surface area contributed by atoms with Crippen LogP contribution < -0.4 is 5.32 Å². The molecule has 1 saturated heterocycles. The van der Waals surface area contributed by atoms with Crippen LogP contribution in [0.2, 0.25) is 0 Å². The van der Waals surface area contributed by atoms with E-state index in [9.17, 15) is 4.79 Å². The van der Waals surface area contributed by atoms with Gasteiger partial charge >= 0.3 is 0 Å². The number of aromatic nitrogens is 4. The molecule has 1 aliphatic rings. The fourth-order valence-corrected chi connectivity index (χ4v) is 3.69. The molecular weight excluding hydrogens is 378 g/mol. The number of carbonyl (C=O) groups excluding carboxylic acids is 1. The molecule has 1 fully saturated rings. The van der Waals surface area contributed by atoms with Gasteiger partial charge in [-0.3, -0.25) is 9.69 Å². The van der Waals surface area contributed by atoms with Crippen LogP contribution in [-0.2, 0) is 17.8 Å². The number of nitrogens with one attached hydrogen (secondary N) is 1. The van der Waals surface area contributed by atoms with Gasteiger partial charge in [0.05, 0.1) is 0 Å². The van der Waals surface area contributed by atoms with Crippen LogP contribution in [0.4, 0.5) is 5.69 Å². The van der Waals surface area contributed by atoms with Crippen LogP contribution in [0.5, 0.6) is 0 Å². The summed E-state index contributed by atoms with van der Waals surface area (Å²) in [6, 6.07) is 17.4. The van der Waals surface area contributed by atoms with E-state index in [0.717, 1.165) is 44.0 Å². The van der Waals surface area contributed by atoms with Crippen molar-refractivity contribution in [3.63, 3.8) is 0 Å². The van der Waals surface area contributed by atoms with E-state index in [-0.39, 0.29) is 5.91 Å². The summed E-state index contributed by atoms with van der Waals surface area (Å²) < 4.78 is 1.51. The number of likely N-dealkylation sites (N-methyl/N-ethyl adjacent to an activating group) is 1. The lowest BCUT2D eigenvalue weighted by Gasteiger charge is -2.32. The molecule has 4 rings (SSSR count). The first kappa shape index (κ1) is 20.2. The normalized spacial score (nSPS) is 16.3. The zero-order chi connectivity index (χ0) is 20.8. The van der Waals surface area contributed by atoms with E-state index in [1.54, 1.807) is 0 Å². The lowest BCUT2D eigenvalue weighted by Crippen LogP contribution is -2.43. The molecule has 1 aromatic heterocycles. The van der Waals surface area contributed by atoms with Crippen LogP contribution in [0.1, 0.15) is 17.2 Å². The monoisotopic (exact) mass is 405 g/mol. The number of carbonyl (C=O) groups is 1. The third-order valence-corrected chi connectivity index (χ3v) is 5.46. The van der Waals surface area contributed by atoms with E-state index in [4.69, 9.17) is 0 Å². The smallest absolute Gasteiger partial charge is 0.249 e. The first-order valence-corrected chi connectivity index (χ1v) is 10.2. The SMILES string of the molecule is CN1CCN(Cc2cccc(NC(=O)C(Cc3ccccc3)n3cnnn3)c2)CC1. The minimum atomic E-state index is -0.524. The van der Waals surface area contributed by atoms with Gasteiger partial charge in [0.1, 0.15) is 12.4 Å². The molecule has 8 nitrogen and oxygen atoms in total. The molecule has 0 aliphatic carbocycles. The Kier molecular flexibility index (Phi) is 6.46. The highest BCUT2D eigenvalue weighted by atomic mass is 16.2. The van der Waals surface area contributed by atoms with Gasteiger partial charge < -0.3 is 10.2 Å². The van der Waals surface area contributed by atoms with Crippen molar-refractivity contribution in [3.8, 4) is 0 Å². The molecule has 2 heterocycles. The molecule has 1 aliphatic heterocycles. The number of amides is 1. The molecule has 1 unspecified atom stereocenters. The van der Waals surface area contributed by atoms with E-state index in [0.29, 0.717) is 6.42 Å². The zero-order valence-corrected chi connectivity index (χ0v) is 17.2. The summed E-state index contributed by atoms with van der Waals surface area (Å²) in [6.07, 6.45) is 2.00. The van der Waals surface area contributed by atoms with E-state index >= 15 is 0 Å². The number of tetrazole rings is 1. The van der Waals surface area contributed by atoms with Crippen molar-refractivity contribution in [1.82, 2.24) is 30.0 Å². The summed E-state index contributed by atoms with van der Waals surface area (Å²) >= 11 is 0. The highest BCUT2D eigenvalue weighted by Crippen LogP contribution is 2.18. The zero-order valence-electron chi connectivity index (χ0n) is 17.2. The number of hydrogen-bond donors (Lipinski definition) is 1. The number of benzene rings is 2. The molecule has 0 bridgehead atoms. The number of piperazine rings is 1. The molecule has 0 radical (unpaired) electrons. The summed E-state index contributed by atoms with van der Waals surface area (Å²) in [6.45, 7) is 5.18. The first-order chi connectivity index (χ1) is 14.7. The third kappa shape index (κ3) is 5.28. The molecule has 2 aromatic carbocycles. The Hall–Kier alpha value is -3.10. The van der Waals surface area contributed by atoms with Crippen molar-refractivity contribution in [2.24, 2.45) is 0 Å². The van der Waals surface area contributed by atoms with Gasteiger partial charge in [-0.1, -0.05) is 42.5 Å². The van der Waals surface area contributed by atoms with Crippen LogP contribution in [-0.4, -0.2) is 69.1 Å². The van der Waals surface area contributed by atoms with Crippen molar-refractivity contribution >= 4 is 11.6 Å². The second kappa shape index (κ2) is 9.60. The predicted molar refractivity (Wildman–Crippen MR) is 115 cm³/mol. The largest absolute Gasteiger partial charge is 0.324 e. The molecule has 8 heteroatoms. The summed E-state index contributed by atoms with van der Waals surface area (Å²) in [7, 11) is 2.16. The Labute approximate surface area is 176 Å². The third-order valence-electron chi connectivity index (χ3n) is 5.46. The highest BCUT2D eigenvalue weighted by molar-refractivity contribution is 5.93. The molecule has 30 heavy (non-hydrogen) atoms.